The molecule has 100 valence electrons. The first kappa shape index (κ1) is 15.0. The minimum atomic E-state index is -2.37. The summed E-state index contributed by atoms with van der Waals surface area (Å²) in [5, 5.41) is 3.22. The molecule has 1 nitrogen and oxygen atoms in total. The van der Waals surface area contributed by atoms with Crippen molar-refractivity contribution in [1.29, 1.82) is 0 Å². The molecule has 0 heterocycles. The highest BCUT2D eigenvalue weighted by Gasteiger charge is 2.08. The van der Waals surface area contributed by atoms with Crippen LogP contribution in [0.2, 0.25) is 0 Å². The number of allylic oxidation sites excluding steroid dienone is 1. The molecule has 0 bridgehead atoms. The highest BCUT2D eigenvalue weighted by molar-refractivity contribution is 7.99. The van der Waals surface area contributed by atoms with Gasteiger partial charge in [0, 0.05) is 17.1 Å². The van der Waals surface area contributed by atoms with E-state index in [1.54, 1.807) is 12.1 Å². The SMILES string of the molecule is C=CCCCCCNc1ccccc1SC(F)F. The van der Waals surface area contributed by atoms with Crippen molar-refractivity contribution in [2.24, 2.45) is 0 Å². The van der Waals surface area contributed by atoms with Gasteiger partial charge in [-0.15, -0.1) is 6.58 Å². The maximum absolute atomic E-state index is 12.4. The number of unbranched alkanes of at least 4 members (excludes halogenated alkanes) is 3. The predicted molar refractivity (Wildman–Crippen MR) is 75.5 cm³/mol. The molecule has 1 N–H and O–H groups in total. The number of nitrogens with one attached hydrogen (secondary N) is 1. The van der Waals surface area contributed by atoms with Gasteiger partial charge in [0.05, 0.1) is 0 Å². The van der Waals surface area contributed by atoms with Crippen molar-refractivity contribution in [2.75, 3.05) is 11.9 Å². The van der Waals surface area contributed by atoms with E-state index in [1.807, 2.05) is 18.2 Å². The van der Waals surface area contributed by atoms with Gasteiger partial charge in [-0.1, -0.05) is 36.4 Å². The molecule has 4 heteroatoms. The highest BCUT2D eigenvalue weighted by atomic mass is 32.2. The first-order valence-corrected chi connectivity index (χ1v) is 7.00. The van der Waals surface area contributed by atoms with Gasteiger partial charge < -0.3 is 5.32 Å². The second-order valence-corrected chi connectivity index (χ2v) is 4.97. The van der Waals surface area contributed by atoms with Gasteiger partial charge in [-0.3, -0.25) is 0 Å². The fraction of sp³-hybridized carbons (Fsp3) is 0.429. The molecule has 0 amide bonds. The summed E-state index contributed by atoms with van der Waals surface area (Å²) in [5.41, 5.74) is 0.798. The Kier molecular flexibility index (Phi) is 7.49. The van der Waals surface area contributed by atoms with Crippen molar-refractivity contribution in [2.45, 2.75) is 36.3 Å². The van der Waals surface area contributed by atoms with E-state index in [2.05, 4.69) is 11.9 Å². The van der Waals surface area contributed by atoms with Crippen molar-refractivity contribution in [3.05, 3.63) is 36.9 Å². The third-order valence-electron chi connectivity index (χ3n) is 2.50. The Morgan fingerprint density at radius 2 is 2.00 bits per heavy atom. The number of halogens is 2. The van der Waals surface area contributed by atoms with Gasteiger partial charge in [0.15, 0.2) is 0 Å². The number of para-hydroxylation sites is 1. The molecule has 0 spiro atoms. The number of hydrogen-bond acceptors (Lipinski definition) is 2. The fourth-order valence-corrected chi connectivity index (χ4v) is 2.24. The number of benzene rings is 1. The van der Waals surface area contributed by atoms with Crippen molar-refractivity contribution >= 4 is 17.4 Å². The summed E-state index contributed by atoms with van der Waals surface area (Å²) in [4.78, 5) is 0.610. The summed E-state index contributed by atoms with van der Waals surface area (Å²) in [6, 6.07) is 7.20. The molecule has 0 aliphatic heterocycles. The van der Waals surface area contributed by atoms with E-state index < -0.39 is 5.76 Å². The second-order valence-electron chi connectivity index (χ2n) is 3.94. The van der Waals surface area contributed by atoms with E-state index in [0.717, 1.165) is 37.9 Å². The van der Waals surface area contributed by atoms with Gasteiger partial charge in [-0.25, -0.2) is 0 Å². The highest BCUT2D eigenvalue weighted by Crippen LogP contribution is 2.31. The largest absolute Gasteiger partial charge is 0.384 e. The lowest BCUT2D eigenvalue weighted by molar-refractivity contribution is 0.252. The van der Waals surface area contributed by atoms with E-state index >= 15 is 0 Å². The lowest BCUT2D eigenvalue weighted by Gasteiger charge is -2.11. The zero-order chi connectivity index (χ0) is 13.2. The molecular weight excluding hydrogens is 252 g/mol. The van der Waals surface area contributed by atoms with E-state index in [-0.39, 0.29) is 0 Å². The maximum atomic E-state index is 12.4. The van der Waals surface area contributed by atoms with Crippen LogP contribution in [0, 0.1) is 0 Å². The third kappa shape index (κ3) is 6.05. The first-order valence-electron chi connectivity index (χ1n) is 6.12. The molecule has 0 saturated heterocycles. The monoisotopic (exact) mass is 271 g/mol. The van der Waals surface area contributed by atoms with Gasteiger partial charge in [0.25, 0.3) is 5.76 Å². The Balaban J connectivity index is 2.34. The van der Waals surface area contributed by atoms with Crippen LogP contribution in [-0.2, 0) is 0 Å². The number of rotatable bonds is 9. The van der Waals surface area contributed by atoms with Gasteiger partial charge in [-0.05, 0) is 31.4 Å². The van der Waals surface area contributed by atoms with Gasteiger partial charge in [-0.2, -0.15) is 8.78 Å². The van der Waals surface area contributed by atoms with Gasteiger partial charge in [0.2, 0.25) is 0 Å². The standard InChI is InChI=1S/C14H19F2NS/c1-2-3-4-5-8-11-17-12-9-6-7-10-13(12)18-14(15)16/h2,6-7,9-10,14,17H,1,3-5,8,11H2. The summed E-state index contributed by atoms with van der Waals surface area (Å²) >= 11 is 0.588. The normalized spacial score (nSPS) is 10.6. The summed E-state index contributed by atoms with van der Waals surface area (Å²) in [6.45, 7) is 4.49. The van der Waals surface area contributed by atoms with E-state index in [4.69, 9.17) is 0 Å². The summed E-state index contributed by atoms with van der Waals surface area (Å²) < 4.78 is 24.7. The zero-order valence-electron chi connectivity index (χ0n) is 10.4. The molecule has 0 unspecified atom stereocenters. The number of hydrogen-bond donors (Lipinski definition) is 1. The molecule has 1 aromatic carbocycles. The van der Waals surface area contributed by atoms with Crippen LogP contribution in [0.5, 0.6) is 0 Å². The Morgan fingerprint density at radius 1 is 1.22 bits per heavy atom. The Morgan fingerprint density at radius 3 is 2.72 bits per heavy atom. The first-order chi connectivity index (χ1) is 8.74. The summed E-state index contributed by atoms with van der Waals surface area (Å²) in [7, 11) is 0. The van der Waals surface area contributed by atoms with E-state index in [9.17, 15) is 8.78 Å². The lowest BCUT2D eigenvalue weighted by atomic mass is 10.2. The molecule has 0 fully saturated rings. The predicted octanol–water partition coefficient (Wildman–Crippen LogP) is 5.16. The maximum Gasteiger partial charge on any atom is 0.288 e. The molecule has 0 saturated carbocycles. The van der Waals surface area contributed by atoms with Crippen LogP contribution in [0.25, 0.3) is 0 Å². The van der Waals surface area contributed by atoms with Crippen LogP contribution in [0.1, 0.15) is 25.7 Å². The lowest BCUT2D eigenvalue weighted by Crippen LogP contribution is -2.02. The molecule has 0 radical (unpaired) electrons. The fourth-order valence-electron chi connectivity index (χ4n) is 1.62. The van der Waals surface area contributed by atoms with Crippen LogP contribution in [0.15, 0.2) is 41.8 Å². The molecule has 1 aromatic rings. The van der Waals surface area contributed by atoms with Crippen LogP contribution >= 0.6 is 11.8 Å². The minimum Gasteiger partial charge on any atom is -0.384 e. The molecule has 0 atom stereocenters. The van der Waals surface area contributed by atoms with Crippen molar-refractivity contribution in [1.82, 2.24) is 0 Å². The van der Waals surface area contributed by atoms with Crippen LogP contribution in [-0.4, -0.2) is 12.3 Å². The summed E-state index contributed by atoms with van der Waals surface area (Å²) in [6.07, 6.45) is 6.27. The van der Waals surface area contributed by atoms with E-state index in [0.29, 0.717) is 16.7 Å². The average Bonchev–Trinajstić information content (AvgIpc) is 2.35. The van der Waals surface area contributed by atoms with Crippen LogP contribution < -0.4 is 5.32 Å². The molecule has 18 heavy (non-hydrogen) atoms. The van der Waals surface area contributed by atoms with Crippen molar-refractivity contribution in [3.8, 4) is 0 Å². The van der Waals surface area contributed by atoms with Crippen molar-refractivity contribution < 1.29 is 8.78 Å². The average molecular weight is 271 g/mol. The van der Waals surface area contributed by atoms with Crippen LogP contribution in [0.3, 0.4) is 0 Å². The smallest absolute Gasteiger partial charge is 0.288 e. The Labute approximate surface area is 112 Å². The number of alkyl halides is 2. The molecule has 0 aromatic heterocycles. The van der Waals surface area contributed by atoms with Crippen LogP contribution in [0.4, 0.5) is 14.5 Å². The van der Waals surface area contributed by atoms with Gasteiger partial charge >= 0.3 is 0 Å². The van der Waals surface area contributed by atoms with Gasteiger partial charge in [0.1, 0.15) is 0 Å². The molecule has 0 aliphatic carbocycles. The molecular formula is C14H19F2NS. The molecule has 0 aliphatic rings. The van der Waals surface area contributed by atoms with Crippen molar-refractivity contribution in [3.63, 3.8) is 0 Å². The van der Waals surface area contributed by atoms with E-state index in [1.165, 1.54) is 0 Å². The topological polar surface area (TPSA) is 12.0 Å². The summed E-state index contributed by atoms with van der Waals surface area (Å²) in [5.74, 6) is -2.37. The number of anilines is 1. The Hall–Kier alpha value is -1.03. The third-order valence-corrected chi connectivity index (χ3v) is 3.29. The Bertz CT molecular complexity index is 355. The molecule has 1 rings (SSSR count). The second kappa shape index (κ2) is 8.97. The minimum absolute atomic E-state index is 0.588. The quantitative estimate of drug-likeness (QED) is 0.378. The number of thioether (sulfide) groups is 1. The zero-order valence-corrected chi connectivity index (χ0v) is 11.2.